The van der Waals surface area contributed by atoms with Gasteiger partial charge in [-0.05, 0) is 65.2 Å². The minimum absolute atomic E-state index is 0.0823. The molecule has 136 valence electrons. The van der Waals surface area contributed by atoms with Crippen molar-refractivity contribution in [1.82, 2.24) is 0 Å². The first kappa shape index (κ1) is 19.2. The van der Waals surface area contributed by atoms with Crippen LogP contribution in [-0.4, -0.2) is 18.4 Å². The van der Waals surface area contributed by atoms with E-state index < -0.39 is 5.92 Å². The van der Waals surface area contributed by atoms with Crippen LogP contribution < -0.4 is 10.2 Å². The Kier molecular flexibility index (Phi) is 5.61. The summed E-state index contributed by atoms with van der Waals surface area (Å²) in [6, 6.07) is 8.98. The molecule has 0 radical (unpaired) electrons. The number of hydrogen-bond donors (Lipinski definition) is 1. The molecular weight excluding hydrogens is 439 g/mol. The Morgan fingerprint density at radius 1 is 1.23 bits per heavy atom. The molecule has 1 aliphatic rings. The molecule has 3 rings (SSSR count). The minimum Gasteiger partial charge on any atom is -0.325 e. The summed E-state index contributed by atoms with van der Waals surface area (Å²) in [6.07, 6.45) is 0.168. The molecule has 0 bridgehead atoms. The van der Waals surface area contributed by atoms with Crippen molar-refractivity contribution in [1.29, 1.82) is 0 Å². The first-order chi connectivity index (χ1) is 12.3. The van der Waals surface area contributed by atoms with Gasteiger partial charge >= 0.3 is 0 Å². The molecule has 1 saturated heterocycles. The van der Waals surface area contributed by atoms with E-state index in [1.54, 1.807) is 23.1 Å². The van der Waals surface area contributed by atoms with E-state index in [1.165, 1.54) is 0 Å². The molecule has 1 aliphatic heterocycles. The van der Waals surface area contributed by atoms with Crippen molar-refractivity contribution in [2.24, 2.45) is 5.92 Å². The predicted molar refractivity (Wildman–Crippen MR) is 109 cm³/mol. The summed E-state index contributed by atoms with van der Waals surface area (Å²) < 4.78 is 0.772. The fraction of sp³-hybridized carbons (Fsp3) is 0.263. The van der Waals surface area contributed by atoms with Crippen LogP contribution in [0.4, 0.5) is 11.4 Å². The van der Waals surface area contributed by atoms with Gasteiger partial charge in [-0.3, -0.25) is 9.59 Å². The quantitative estimate of drug-likeness (QED) is 0.676. The van der Waals surface area contributed by atoms with E-state index in [2.05, 4.69) is 21.2 Å². The van der Waals surface area contributed by atoms with Gasteiger partial charge in [-0.25, -0.2) is 0 Å². The first-order valence-corrected chi connectivity index (χ1v) is 9.65. The standard InChI is InChI=1S/C19H17BrCl2N2O2/c1-10-6-13(20)15(22)8-16(10)23-19(26)12-7-18(25)24(9-12)17-5-3-4-14(21)11(17)2/h3-6,8,12H,7,9H2,1-2H3,(H,23,26)/t12-/m1/s1. The minimum atomic E-state index is -0.428. The maximum absolute atomic E-state index is 12.7. The van der Waals surface area contributed by atoms with Crippen molar-refractivity contribution in [2.45, 2.75) is 20.3 Å². The Morgan fingerprint density at radius 3 is 2.69 bits per heavy atom. The van der Waals surface area contributed by atoms with E-state index in [0.29, 0.717) is 22.3 Å². The van der Waals surface area contributed by atoms with Crippen LogP contribution in [0.2, 0.25) is 10.0 Å². The second kappa shape index (κ2) is 7.59. The van der Waals surface area contributed by atoms with Gasteiger partial charge < -0.3 is 10.2 Å². The number of hydrogen-bond acceptors (Lipinski definition) is 2. The number of amides is 2. The third-order valence-corrected chi connectivity index (χ3v) is 6.16. The molecule has 2 amide bonds. The summed E-state index contributed by atoms with van der Waals surface area (Å²) in [5.74, 6) is -0.703. The Bertz CT molecular complexity index is 901. The third-order valence-electron chi connectivity index (χ3n) is 4.55. The molecule has 2 aromatic rings. The molecule has 1 atom stereocenters. The highest BCUT2D eigenvalue weighted by Gasteiger charge is 2.36. The van der Waals surface area contributed by atoms with Gasteiger partial charge in [0.05, 0.1) is 10.9 Å². The highest BCUT2D eigenvalue weighted by molar-refractivity contribution is 9.10. The van der Waals surface area contributed by atoms with Gasteiger partial charge in [0, 0.05) is 33.8 Å². The van der Waals surface area contributed by atoms with Crippen molar-refractivity contribution in [3.63, 3.8) is 0 Å². The molecule has 0 spiro atoms. The van der Waals surface area contributed by atoms with Gasteiger partial charge in [-0.1, -0.05) is 29.3 Å². The van der Waals surface area contributed by atoms with Crippen LogP contribution in [0.25, 0.3) is 0 Å². The Balaban J connectivity index is 1.77. The van der Waals surface area contributed by atoms with Crippen LogP contribution in [0.1, 0.15) is 17.5 Å². The lowest BCUT2D eigenvalue weighted by molar-refractivity contribution is -0.122. The van der Waals surface area contributed by atoms with Gasteiger partial charge in [0.15, 0.2) is 0 Å². The van der Waals surface area contributed by atoms with Crippen LogP contribution >= 0.6 is 39.1 Å². The maximum Gasteiger partial charge on any atom is 0.229 e. The van der Waals surface area contributed by atoms with Crippen molar-refractivity contribution in [2.75, 3.05) is 16.8 Å². The zero-order valence-electron chi connectivity index (χ0n) is 14.3. The molecule has 1 heterocycles. The summed E-state index contributed by atoms with van der Waals surface area (Å²) in [5, 5.41) is 4.01. The van der Waals surface area contributed by atoms with Crippen LogP contribution in [0.3, 0.4) is 0 Å². The monoisotopic (exact) mass is 454 g/mol. The molecular formula is C19H17BrCl2N2O2. The summed E-state index contributed by atoms with van der Waals surface area (Å²) in [6.45, 7) is 4.08. The lowest BCUT2D eigenvalue weighted by Gasteiger charge is -2.20. The molecule has 2 aromatic carbocycles. The zero-order valence-corrected chi connectivity index (χ0v) is 17.4. The topological polar surface area (TPSA) is 49.4 Å². The fourth-order valence-corrected chi connectivity index (χ4v) is 3.81. The number of carbonyl (C=O) groups excluding carboxylic acids is 2. The van der Waals surface area contributed by atoms with Crippen molar-refractivity contribution in [3.8, 4) is 0 Å². The van der Waals surface area contributed by atoms with E-state index in [-0.39, 0.29) is 18.2 Å². The largest absolute Gasteiger partial charge is 0.325 e. The average molecular weight is 456 g/mol. The lowest BCUT2D eigenvalue weighted by Crippen LogP contribution is -2.28. The lowest BCUT2D eigenvalue weighted by atomic mass is 10.1. The van der Waals surface area contributed by atoms with Crippen molar-refractivity contribution >= 4 is 62.3 Å². The zero-order chi connectivity index (χ0) is 19.0. The van der Waals surface area contributed by atoms with Crippen LogP contribution in [0.15, 0.2) is 34.8 Å². The Morgan fingerprint density at radius 2 is 1.96 bits per heavy atom. The second-order valence-corrected chi connectivity index (χ2v) is 8.03. The van der Waals surface area contributed by atoms with Crippen LogP contribution in [-0.2, 0) is 9.59 Å². The van der Waals surface area contributed by atoms with Gasteiger partial charge in [-0.15, -0.1) is 0 Å². The first-order valence-electron chi connectivity index (χ1n) is 8.10. The average Bonchev–Trinajstić information content (AvgIpc) is 2.97. The van der Waals surface area contributed by atoms with E-state index in [0.717, 1.165) is 21.3 Å². The molecule has 1 fully saturated rings. The van der Waals surface area contributed by atoms with E-state index in [4.69, 9.17) is 23.2 Å². The molecule has 0 saturated carbocycles. The van der Waals surface area contributed by atoms with Gasteiger partial charge in [0.25, 0.3) is 0 Å². The summed E-state index contributed by atoms with van der Waals surface area (Å²) >= 11 is 15.6. The van der Waals surface area contributed by atoms with Crippen LogP contribution in [0, 0.1) is 19.8 Å². The molecule has 4 nitrogen and oxygen atoms in total. The number of rotatable bonds is 3. The highest BCUT2D eigenvalue weighted by Crippen LogP contribution is 2.33. The molecule has 26 heavy (non-hydrogen) atoms. The number of anilines is 2. The van der Waals surface area contributed by atoms with E-state index in [1.807, 2.05) is 26.0 Å². The third kappa shape index (κ3) is 3.75. The van der Waals surface area contributed by atoms with Gasteiger partial charge in [0.1, 0.15) is 0 Å². The molecule has 0 aliphatic carbocycles. The van der Waals surface area contributed by atoms with E-state index in [9.17, 15) is 9.59 Å². The van der Waals surface area contributed by atoms with Gasteiger partial charge in [0.2, 0.25) is 11.8 Å². The molecule has 0 unspecified atom stereocenters. The van der Waals surface area contributed by atoms with E-state index >= 15 is 0 Å². The summed E-state index contributed by atoms with van der Waals surface area (Å²) in [4.78, 5) is 26.7. The predicted octanol–water partition coefficient (Wildman–Crippen LogP) is 5.36. The Hall–Kier alpha value is -1.56. The number of aryl methyl sites for hydroxylation is 1. The summed E-state index contributed by atoms with van der Waals surface area (Å²) in [5.41, 5.74) is 3.12. The summed E-state index contributed by atoms with van der Waals surface area (Å²) in [7, 11) is 0. The maximum atomic E-state index is 12.7. The SMILES string of the molecule is Cc1cc(Br)c(Cl)cc1NC(=O)[C@@H]1CC(=O)N(c2cccc(Cl)c2C)C1. The smallest absolute Gasteiger partial charge is 0.229 e. The second-order valence-electron chi connectivity index (χ2n) is 6.36. The fourth-order valence-electron chi connectivity index (χ4n) is 3.02. The highest BCUT2D eigenvalue weighted by atomic mass is 79.9. The van der Waals surface area contributed by atoms with Gasteiger partial charge in [-0.2, -0.15) is 0 Å². The molecule has 7 heteroatoms. The number of nitrogens with one attached hydrogen (secondary N) is 1. The molecule has 0 aromatic heterocycles. The normalized spacial score (nSPS) is 16.9. The number of halogens is 3. The van der Waals surface area contributed by atoms with Crippen LogP contribution in [0.5, 0.6) is 0 Å². The Labute approximate surface area is 170 Å². The van der Waals surface area contributed by atoms with Crippen molar-refractivity contribution < 1.29 is 9.59 Å². The number of benzene rings is 2. The number of nitrogens with zero attached hydrogens (tertiary/aromatic N) is 1. The number of carbonyl (C=O) groups is 2. The molecule has 1 N–H and O–H groups in total. The van der Waals surface area contributed by atoms with Crippen molar-refractivity contribution in [3.05, 3.63) is 56.0 Å².